The van der Waals surface area contributed by atoms with Crippen LogP contribution in [0.15, 0.2) is 0 Å². The van der Waals surface area contributed by atoms with E-state index in [1.807, 2.05) is 0 Å². The highest BCUT2D eigenvalue weighted by atomic mass is 16.2. The first-order chi connectivity index (χ1) is 9.28. The van der Waals surface area contributed by atoms with Gasteiger partial charge in [-0.15, -0.1) is 17.4 Å². The fourth-order valence-electron chi connectivity index (χ4n) is 2.96. The molecular weight excluding hydrogens is 240 g/mol. The average Bonchev–Trinajstić information content (AvgIpc) is 3.06. The second-order valence-electron chi connectivity index (χ2n) is 5.43. The fourth-order valence-corrected chi connectivity index (χ4v) is 2.96. The molecule has 2 heterocycles. The van der Waals surface area contributed by atoms with Gasteiger partial charge in [-0.1, -0.05) is 19.3 Å². The van der Waals surface area contributed by atoms with E-state index < -0.39 is 0 Å². The predicted octanol–water partition coefficient (Wildman–Crippen LogP) is 1.84. The van der Waals surface area contributed by atoms with Gasteiger partial charge in [-0.3, -0.25) is 14.8 Å². The van der Waals surface area contributed by atoms with Gasteiger partial charge in [0.05, 0.1) is 0 Å². The van der Waals surface area contributed by atoms with Crippen molar-refractivity contribution < 1.29 is 4.79 Å². The van der Waals surface area contributed by atoms with Crippen LogP contribution in [0.4, 0.5) is 5.95 Å². The zero-order valence-corrected chi connectivity index (χ0v) is 10.9. The van der Waals surface area contributed by atoms with Crippen LogP contribution in [0.5, 0.6) is 0 Å². The third kappa shape index (κ3) is 2.35. The third-order valence-corrected chi connectivity index (χ3v) is 4.08. The van der Waals surface area contributed by atoms with Crippen molar-refractivity contribution in [2.24, 2.45) is 5.92 Å². The summed E-state index contributed by atoms with van der Waals surface area (Å²) < 4.78 is 0. The number of hydrogen-bond donors (Lipinski definition) is 1. The van der Waals surface area contributed by atoms with Crippen LogP contribution in [-0.2, 0) is 4.79 Å². The quantitative estimate of drug-likeness (QED) is 0.823. The average molecular weight is 258 g/mol. The summed E-state index contributed by atoms with van der Waals surface area (Å²) in [7, 11) is 0. The van der Waals surface area contributed by atoms with Gasteiger partial charge in [0.15, 0.2) is 0 Å². The Balaban J connectivity index is 1.74. The van der Waals surface area contributed by atoms with Gasteiger partial charge in [0, 0.05) is 24.8 Å². The maximum atomic E-state index is 11.9. The lowest BCUT2D eigenvalue weighted by Gasteiger charge is -2.18. The van der Waals surface area contributed by atoms with Gasteiger partial charge in [0.1, 0.15) is 5.82 Å². The standard InChI is InChI=1S/C14H18N4O/c1-2-10-8-12(19)18(9-10)14-15-13(16-17-14)11-6-4-3-5-7-11/h1,10-11H,3-9H2,(H,15,16,17). The lowest BCUT2D eigenvalue weighted by Crippen LogP contribution is -2.25. The molecule has 0 spiro atoms. The van der Waals surface area contributed by atoms with E-state index >= 15 is 0 Å². The van der Waals surface area contributed by atoms with Crippen LogP contribution < -0.4 is 4.90 Å². The number of H-pyrrole nitrogens is 1. The van der Waals surface area contributed by atoms with E-state index in [4.69, 9.17) is 6.42 Å². The van der Waals surface area contributed by atoms with Gasteiger partial charge >= 0.3 is 0 Å². The van der Waals surface area contributed by atoms with Crippen LogP contribution in [0.3, 0.4) is 0 Å². The minimum Gasteiger partial charge on any atom is -0.278 e. The highest BCUT2D eigenvalue weighted by Gasteiger charge is 2.32. The molecule has 1 aliphatic heterocycles. The first-order valence-corrected chi connectivity index (χ1v) is 6.96. The molecule has 1 aromatic heterocycles. The summed E-state index contributed by atoms with van der Waals surface area (Å²) >= 11 is 0. The highest BCUT2D eigenvalue weighted by Crippen LogP contribution is 2.31. The molecule has 0 radical (unpaired) electrons. The Kier molecular flexibility index (Phi) is 3.24. The number of rotatable bonds is 2. The molecule has 5 heteroatoms. The number of terminal acetylenes is 1. The molecule has 1 N–H and O–H groups in total. The molecule has 1 saturated heterocycles. The van der Waals surface area contributed by atoms with Crippen LogP contribution >= 0.6 is 0 Å². The zero-order chi connectivity index (χ0) is 13.2. The Hall–Kier alpha value is -1.83. The van der Waals surface area contributed by atoms with Crippen molar-refractivity contribution in [3.05, 3.63) is 5.82 Å². The maximum Gasteiger partial charge on any atom is 0.251 e. The summed E-state index contributed by atoms with van der Waals surface area (Å²) in [6.07, 6.45) is 11.9. The number of carbonyl (C=O) groups excluding carboxylic acids is 1. The summed E-state index contributed by atoms with van der Waals surface area (Å²) in [5.41, 5.74) is 0. The van der Waals surface area contributed by atoms with Crippen molar-refractivity contribution in [2.45, 2.75) is 44.4 Å². The van der Waals surface area contributed by atoms with Crippen molar-refractivity contribution in [3.63, 3.8) is 0 Å². The molecule has 1 unspecified atom stereocenters. The molecule has 100 valence electrons. The Morgan fingerprint density at radius 2 is 2.11 bits per heavy atom. The summed E-state index contributed by atoms with van der Waals surface area (Å²) in [6, 6.07) is 0. The lowest BCUT2D eigenvalue weighted by molar-refractivity contribution is -0.117. The molecule has 3 rings (SSSR count). The monoisotopic (exact) mass is 258 g/mol. The molecular formula is C14H18N4O. The van der Waals surface area contributed by atoms with Crippen molar-refractivity contribution in [2.75, 3.05) is 11.4 Å². The van der Waals surface area contributed by atoms with Crippen LogP contribution in [0.2, 0.25) is 0 Å². The van der Waals surface area contributed by atoms with Gasteiger partial charge in [-0.25, -0.2) is 0 Å². The molecule has 1 aliphatic carbocycles. The number of anilines is 1. The van der Waals surface area contributed by atoms with E-state index in [2.05, 4.69) is 21.1 Å². The summed E-state index contributed by atoms with van der Waals surface area (Å²) in [5.74, 6) is 4.53. The predicted molar refractivity (Wildman–Crippen MR) is 71.5 cm³/mol. The topological polar surface area (TPSA) is 61.9 Å². The SMILES string of the molecule is C#CC1CC(=O)N(c2n[nH]c(C3CCCCC3)n2)C1. The molecule has 0 aromatic carbocycles. The number of carbonyl (C=O) groups is 1. The molecule has 2 fully saturated rings. The van der Waals surface area contributed by atoms with Crippen LogP contribution in [0.25, 0.3) is 0 Å². The number of amides is 1. The number of hydrogen-bond acceptors (Lipinski definition) is 3. The first-order valence-electron chi connectivity index (χ1n) is 6.96. The molecule has 2 aliphatic rings. The van der Waals surface area contributed by atoms with Gasteiger partial charge in [-0.2, -0.15) is 4.98 Å². The maximum absolute atomic E-state index is 11.9. The number of aromatic amines is 1. The van der Waals surface area contributed by atoms with Crippen molar-refractivity contribution in [1.29, 1.82) is 0 Å². The number of aromatic nitrogens is 3. The van der Waals surface area contributed by atoms with Gasteiger partial charge in [0.2, 0.25) is 5.91 Å². The van der Waals surface area contributed by atoms with Crippen molar-refractivity contribution >= 4 is 11.9 Å². The van der Waals surface area contributed by atoms with E-state index in [1.165, 1.54) is 19.3 Å². The fraction of sp³-hybridized carbons (Fsp3) is 0.643. The second kappa shape index (κ2) is 5.04. The summed E-state index contributed by atoms with van der Waals surface area (Å²) in [6.45, 7) is 0.539. The second-order valence-corrected chi connectivity index (χ2v) is 5.43. The Morgan fingerprint density at radius 3 is 2.79 bits per heavy atom. The minimum atomic E-state index is -0.0101. The molecule has 5 nitrogen and oxygen atoms in total. The normalized spacial score (nSPS) is 24.7. The summed E-state index contributed by atoms with van der Waals surface area (Å²) in [4.78, 5) is 18.0. The Bertz CT molecular complexity index is 510. The van der Waals surface area contributed by atoms with Gasteiger partial charge < -0.3 is 0 Å². The van der Waals surface area contributed by atoms with Gasteiger partial charge in [-0.05, 0) is 12.8 Å². The molecule has 0 bridgehead atoms. The first kappa shape index (κ1) is 12.2. The molecule has 1 atom stereocenters. The van der Waals surface area contributed by atoms with Crippen molar-refractivity contribution in [1.82, 2.24) is 15.2 Å². The number of nitrogens with zero attached hydrogens (tertiary/aromatic N) is 3. The summed E-state index contributed by atoms with van der Waals surface area (Å²) in [5, 5.41) is 7.19. The van der Waals surface area contributed by atoms with Crippen LogP contribution in [0, 0.1) is 18.3 Å². The van der Waals surface area contributed by atoms with Gasteiger partial charge in [0.25, 0.3) is 5.95 Å². The van der Waals surface area contributed by atoms with E-state index in [-0.39, 0.29) is 11.8 Å². The van der Waals surface area contributed by atoms with E-state index in [1.54, 1.807) is 4.90 Å². The highest BCUT2D eigenvalue weighted by molar-refractivity contribution is 5.94. The van der Waals surface area contributed by atoms with E-state index in [0.29, 0.717) is 24.8 Å². The molecule has 19 heavy (non-hydrogen) atoms. The van der Waals surface area contributed by atoms with Crippen molar-refractivity contribution in [3.8, 4) is 12.3 Å². The molecule has 1 amide bonds. The molecule has 1 saturated carbocycles. The smallest absolute Gasteiger partial charge is 0.251 e. The Morgan fingerprint density at radius 1 is 1.32 bits per heavy atom. The number of nitrogens with one attached hydrogen (secondary N) is 1. The minimum absolute atomic E-state index is 0.0101. The molecule has 1 aromatic rings. The van der Waals surface area contributed by atoms with E-state index in [0.717, 1.165) is 18.7 Å². The zero-order valence-electron chi connectivity index (χ0n) is 10.9. The third-order valence-electron chi connectivity index (χ3n) is 4.08. The van der Waals surface area contributed by atoms with Crippen LogP contribution in [-0.4, -0.2) is 27.6 Å². The lowest BCUT2D eigenvalue weighted by atomic mass is 9.89. The Labute approximate surface area is 112 Å². The largest absolute Gasteiger partial charge is 0.278 e. The van der Waals surface area contributed by atoms with E-state index in [9.17, 15) is 4.79 Å². The van der Waals surface area contributed by atoms with Crippen LogP contribution in [0.1, 0.15) is 50.3 Å².